The van der Waals surface area contributed by atoms with E-state index in [1.807, 2.05) is 36.4 Å². The van der Waals surface area contributed by atoms with Crippen LogP contribution in [0, 0.1) is 5.82 Å². The van der Waals surface area contributed by atoms with Crippen molar-refractivity contribution >= 4 is 17.7 Å². The Kier molecular flexibility index (Phi) is 4.67. The number of rotatable bonds is 3. The number of benzene rings is 2. The molecular formula is C20H16FN3OS. The van der Waals surface area contributed by atoms with Gasteiger partial charge in [-0.05, 0) is 18.1 Å². The Hall–Kier alpha value is -2.73. The van der Waals surface area contributed by atoms with Crippen molar-refractivity contribution < 1.29 is 9.18 Å². The number of hydrogen-bond donors (Lipinski definition) is 1. The fourth-order valence-electron chi connectivity index (χ4n) is 2.96. The lowest BCUT2D eigenvalue weighted by molar-refractivity contribution is 0.0934. The summed E-state index contributed by atoms with van der Waals surface area (Å²) in [5, 5.41) is 2.98. The molecule has 0 fully saturated rings. The molecule has 0 radical (unpaired) electrons. The van der Waals surface area contributed by atoms with Gasteiger partial charge in [0, 0.05) is 28.6 Å². The zero-order chi connectivity index (χ0) is 17.9. The van der Waals surface area contributed by atoms with Crippen molar-refractivity contribution in [3.05, 3.63) is 77.9 Å². The summed E-state index contributed by atoms with van der Waals surface area (Å²) in [5.41, 5.74) is 2.12. The van der Waals surface area contributed by atoms with Gasteiger partial charge in [-0.25, -0.2) is 14.4 Å². The Labute approximate surface area is 154 Å². The van der Waals surface area contributed by atoms with Gasteiger partial charge >= 0.3 is 0 Å². The highest BCUT2D eigenvalue weighted by Gasteiger charge is 2.25. The first kappa shape index (κ1) is 16.7. The number of fused-ring (bicyclic) bond motifs is 1. The predicted octanol–water partition coefficient (Wildman–Crippen LogP) is 4.25. The van der Waals surface area contributed by atoms with E-state index in [0.717, 1.165) is 23.3 Å². The summed E-state index contributed by atoms with van der Waals surface area (Å²) < 4.78 is 14.0. The molecular weight excluding hydrogens is 349 g/mol. The summed E-state index contributed by atoms with van der Waals surface area (Å²) in [7, 11) is 0. The Morgan fingerprint density at radius 3 is 2.62 bits per heavy atom. The van der Waals surface area contributed by atoms with E-state index in [1.54, 1.807) is 6.07 Å². The maximum absolute atomic E-state index is 14.0. The molecule has 1 amide bonds. The van der Waals surface area contributed by atoms with Crippen molar-refractivity contribution in [1.82, 2.24) is 15.3 Å². The van der Waals surface area contributed by atoms with Crippen LogP contribution >= 0.6 is 11.8 Å². The number of aromatic nitrogens is 2. The van der Waals surface area contributed by atoms with Crippen molar-refractivity contribution in [2.45, 2.75) is 17.4 Å². The highest BCUT2D eigenvalue weighted by atomic mass is 32.2. The van der Waals surface area contributed by atoms with Gasteiger partial charge in [0.15, 0.2) is 5.82 Å². The standard InChI is InChI=1S/C20H16FN3OS/c21-16-8-4-7-15-17(9-10-26-18(15)16)24-20(25)14-11-22-19(23-12-14)13-5-2-1-3-6-13/h1-8,11-12,17H,9-10H2,(H,24,25). The maximum Gasteiger partial charge on any atom is 0.254 e. The van der Waals surface area contributed by atoms with Crippen LogP contribution < -0.4 is 5.32 Å². The summed E-state index contributed by atoms with van der Waals surface area (Å²) in [6.07, 6.45) is 3.80. The van der Waals surface area contributed by atoms with Crippen LogP contribution in [-0.2, 0) is 0 Å². The van der Waals surface area contributed by atoms with E-state index in [4.69, 9.17) is 0 Å². The number of hydrogen-bond acceptors (Lipinski definition) is 4. The number of carbonyl (C=O) groups is 1. The smallest absolute Gasteiger partial charge is 0.254 e. The molecule has 1 atom stereocenters. The molecule has 130 valence electrons. The Morgan fingerprint density at radius 1 is 1.08 bits per heavy atom. The van der Waals surface area contributed by atoms with Crippen LogP contribution in [0.2, 0.25) is 0 Å². The lowest BCUT2D eigenvalue weighted by Crippen LogP contribution is -2.31. The number of carbonyl (C=O) groups excluding carboxylic acids is 1. The monoisotopic (exact) mass is 365 g/mol. The Balaban J connectivity index is 1.52. The van der Waals surface area contributed by atoms with Gasteiger partial charge in [0.2, 0.25) is 0 Å². The second kappa shape index (κ2) is 7.25. The van der Waals surface area contributed by atoms with Crippen LogP contribution in [0.15, 0.2) is 65.8 Å². The molecule has 6 heteroatoms. The van der Waals surface area contributed by atoms with Gasteiger partial charge in [-0.3, -0.25) is 4.79 Å². The van der Waals surface area contributed by atoms with E-state index in [9.17, 15) is 9.18 Å². The van der Waals surface area contributed by atoms with Gasteiger partial charge in [0.25, 0.3) is 5.91 Å². The summed E-state index contributed by atoms with van der Waals surface area (Å²) in [6, 6.07) is 14.4. The molecule has 0 bridgehead atoms. The average molecular weight is 365 g/mol. The highest BCUT2D eigenvalue weighted by molar-refractivity contribution is 7.99. The first-order chi connectivity index (χ1) is 12.7. The summed E-state index contributed by atoms with van der Waals surface area (Å²) in [4.78, 5) is 21.8. The minimum absolute atomic E-state index is 0.205. The van der Waals surface area contributed by atoms with Gasteiger partial charge in [-0.15, -0.1) is 11.8 Å². The van der Waals surface area contributed by atoms with Gasteiger partial charge in [0.1, 0.15) is 5.82 Å². The molecule has 26 heavy (non-hydrogen) atoms. The van der Waals surface area contributed by atoms with Crippen molar-refractivity contribution in [3.8, 4) is 11.4 Å². The fraction of sp³-hybridized carbons (Fsp3) is 0.150. The quantitative estimate of drug-likeness (QED) is 0.754. The van der Waals surface area contributed by atoms with Crippen molar-refractivity contribution in [1.29, 1.82) is 0 Å². The zero-order valence-corrected chi connectivity index (χ0v) is 14.7. The molecule has 4 rings (SSSR count). The number of amides is 1. The van der Waals surface area contributed by atoms with Crippen LogP contribution in [0.4, 0.5) is 4.39 Å². The fourth-order valence-corrected chi connectivity index (χ4v) is 4.10. The molecule has 4 nitrogen and oxygen atoms in total. The third kappa shape index (κ3) is 3.32. The van der Waals surface area contributed by atoms with Crippen molar-refractivity contribution in [2.75, 3.05) is 5.75 Å². The third-order valence-corrected chi connectivity index (χ3v) is 5.44. The van der Waals surface area contributed by atoms with Crippen molar-refractivity contribution in [3.63, 3.8) is 0 Å². The third-order valence-electron chi connectivity index (χ3n) is 4.28. The molecule has 0 saturated heterocycles. The minimum Gasteiger partial charge on any atom is -0.345 e. The molecule has 0 spiro atoms. The molecule has 1 N–H and O–H groups in total. The molecule has 0 saturated carbocycles. The van der Waals surface area contributed by atoms with E-state index < -0.39 is 0 Å². The predicted molar refractivity (Wildman–Crippen MR) is 99.4 cm³/mol. The summed E-state index contributed by atoms with van der Waals surface area (Å²) >= 11 is 1.49. The van der Waals surface area contributed by atoms with Crippen LogP contribution in [0.5, 0.6) is 0 Å². The Bertz CT molecular complexity index is 932. The lowest BCUT2D eigenvalue weighted by Gasteiger charge is -2.26. The number of halogens is 1. The number of nitrogens with one attached hydrogen (secondary N) is 1. The first-order valence-corrected chi connectivity index (χ1v) is 9.30. The second-order valence-corrected chi connectivity index (χ2v) is 7.09. The van der Waals surface area contributed by atoms with Crippen LogP contribution in [-0.4, -0.2) is 21.6 Å². The largest absolute Gasteiger partial charge is 0.345 e. The van der Waals surface area contributed by atoms with Crippen LogP contribution in [0.3, 0.4) is 0 Å². The van der Waals surface area contributed by atoms with E-state index in [1.165, 1.54) is 30.2 Å². The first-order valence-electron chi connectivity index (χ1n) is 8.32. The minimum atomic E-state index is -0.253. The van der Waals surface area contributed by atoms with Gasteiger partial charge in [-0.2, -0.15) is 0 Å². The second-order valence-electron chi connectivity index (χ2n) is 5.98. The van der Waals surface area contributed by atoms with E-state index >= 15 is 0 Å². The van der Waals surface area contributed by atoms with Crippen LogP contribution in [0.25, 0.3) is 11.4 Å². The topological polar surface area (TPSA) is 54.9 Å². The van der Waals surface area contributed by atoms with Crippen molar-refractivity contribution in [2.24, 2.45) is 0 Å². The number of thioether (sulfide) groups is 1. The highest BCUT2D eigenvalue weighted by Crippen LogP contribution is 2.37. The maximum atomic E-state index is 14.0. The van der Waals surface area contributed by atoms with E-state index in [-0.39, 0.29) is 17.8 Å². The van der Waals surface area contributed by atoms with Gasteiger partial charge in [-0.1, -0.05) is 42.5 Å². The zero-order valence-electron chi connectivity index (χ0n) is 13.9. The lowest BCUT2D eigenvalue weighted by atomic mass is 10.0. The SMILES string of the molecule is O=C(NC1CCSc2c(F)cccc21)c1cnc(-c2ccccc2)nc1. The summed E-state index contributed by atoms with van der Waals surface area (Å²) in [6.45, 7) is 0. The molecule has 1 aromatic heterocycles. The van der Waals surface area contributed by atoms with Gasteiger partial charge in [0.05, 0.1) is 11.6 Å². The molecule has 1 aliphatic heterocycles. The molecule has 0 aliphatic carbocycles. The Morgan fingerprint density at radius 2 is 1.85 bits per heavy atom. The molecule has 1 aliphatic rings. The van der Waals surface area contributed by atoms with E-state index in [0.29, 0.717) is 16.3 Å². The molecule has 1 unspecified atom stereocenters. The molecule has 2 heterocycles. The van der Waals surface area contributed by atoms with Crippen LogP contribution in [0.1, 0.15) is 28.4 Å². The molecule has 3 aromatic rings. The number of nitrogens with zero attached hydrogens (tertiary/aromatic N) is 2. The summed E-state index contributed by atoms with van der Waals surface area (Å²) in [5.74, 6) is 0.852. The normalized spacial score (nSPS) is 16.0. The molecule has 2 aromatic carbocycles. The van der Waals surface area contributed by atoms with Gasteiger partial charge < -0.3 is 5.32 Å². The van der Waals surface area contributed by atoms with E-state index in [2.05, 4.69) is 15.3 Å². The average Bonchev–Trinajstić information content (AvgIpc) is 2.69.